The highest BCUT2D eigenvalue weighted by molar-refractivity contribution is 5.23. The zero-order valence-electron chi connectivity index (χ0n) is 10.00. The van der Waals surface area contributed by atoms with E-state index in [1.807, 2.05) is 6.92 Å². The predicted molar refractivity (Wildman–Crippen MR) is 62.5 cm³/mol. The smallest absolute Gasteiger partial charge is 0.351 e. The van der Waals surface area contributed by atoms with Gasteiger partial charge in [-0.2, -0.15) is 4.98 Å². The van der Waals surface area contributed by atoms with Crippen molar-refractivity contribution in [1.82, 2.24) is 9.55 Å². The number of nitrogens with zero attached hydrogens (tertiary/aromatic N) is 2. The van der Waals surface area contributed by atoms with Gasteiger partial charge < -0.3 is 15.2 Å². The van der Waals surface area contributed by atoms with Gasteiger partial charge in [-0.25, -0.2) is 4.79 Å². The monoisotopic (exact) mass is 239 g/mol. The fourth-order valence-electron chi connectivity index (χ4n) is 2.13. The van der Waals surface area contributed by atoms with Gasteiger partial charge in [0, 0.05) is 19.7 Å². The summed E-state index contributed by atoms with van der Waals surface area (Å²) in [5, 5.41) is 0. The molecule has 17 heavy (non-hydrogen) atoms. The van der Waals surface area contributed by atoms with E-state index in [1.54, 1.807) is 19.4 Å². The Labute approximate surface area is 99.4 Å². The molecule has 2 N–H and O–H groups in total. The number of hydrogen-bond acceptors (Lipinski definition) is 5. The molecule has 1 aromatic heterocycles. The highest BCUT2D eigenvalue weighted by Gasteiger charge is 2.35. The third kappa shape index (κ3) is 2.32. The molecule has 2 heterocycles. The third-order valence-corrected chi connectivity index (χ3v) is 3.05. The Kier molecular flexibility index (Phi) is 3.44. The maximum Gasteiger partial charge on any atom is 0.351 e. The fraction of sp³-hybridized carbons (Fsp3) is 0.636. The summed E-state index contributed by atoms with van der Waals surface area (Å²) in [6.45, 7) is 2.03. The molecule has 1 aliphatic rings. The maximum atomic E-state index is 11.7. The average molecular weight is 239 g/mol. The second kappa shape index (κ2) is 4.85. The van der Waals surface area contributed by atoms with E-state index in [1.165, 1.54) is 4.57 Å². The number of aromatic nitrogens is 2. The Hall–Kier alpha value is -1.40. The number of anilines is 1. The van der Waals surface area contributed by atoms with Crippen molar-refractivity contribution in [1.29, 1.82) is 0 Å². The average Bonchev–Trinajstić information content (AvgIpc) is 2.72. The first-order valence-corrected chi connectivity index (χ1v) is 5.68. The van der Waals surface area contributed by atoms with Crippen molar-refractivity contribution in [3.63, 3.8) is 0 Å². The second-order valence-electron chi connectivity index (χ2n) is 4.09. The van der Waals surface area contributed by atoms with E-state index in [-0.39, 0.29) is 29.9 Å². The molecule has 3 atom stereocenters. The number of rotatable bonds is 3. The van der Waals surface area contributed by atoms with Crippen LogP contribution in [0.2, 0.25) is 0 Å². The van der Waals surface area contributed by atoms with E-state index in [9.17, 15) is 4.79 Å². The molecule has 2 rings (SSSR count). The normalized spacial score (nSPS) is 28.5. The van der Waals surface area contributed by atoms with Crippen LogP contribution < -0.4 is 11.4 Å². The first-order chi connectivity index (χ1) is 8.15. The summed E-state index contributed by atoms with van der Waals surface area (Å²) >= 11 is 0. The van der Waals surface area contributed by atoms with E-state index in [0.29, 0.717) is 6.42 Å². The van der Waals surface area contributed by atoms with Crippen molar-refractivity contribution in [2.75, 3.05) is 12.8 Å². The molecule has 1 saturated heterocycles. The Morgan fingerprint density at radius 1 is 1.71 bits per heavy atom. The molecule has 6 heteroatoms. The summed E-state index contributed by atoms with van der Waals surface area (Å²) in [7, 11) is 1.66. The summed E-state index contributed by atoms with van der Waals surface area (Å²) in [4.78, 5) is 15.4. The summed E-state index contributed by atoms with van der Waals surface area (Å²) in [6.07, 6.45) is 2.85. The molecule has 1 aliphatic heterocycles. The molecule has 0 amide bonds. The number of ether oxygens (including phenoxy) is 2. The van der Waals surface area contributed by atoms with Crippen molar-refractivity contribution in [2.24, 2.45) is 0 Å². The van der Waals surface area contributed by atoms with Crippen molar-refractivity contribution in [2.45, 2.75) is 38.2 Å². The zero-order valence-corrected chi connectivity index (χ0v) is 10.00. The van der Waals surface area contributed by atoms with E-state index < -0.39 is 0 Å². The molecule has 0 radical (unpaired) electrons. The van der Waals surface area contributed by atoms with Crippen molar-refractivity contribution in [3.8, 4) is 0 Å². The number of nitrogens with two attached hydrogens (primary N) is 1. The lowest BCUT2D eigenvalue weighted by Crippen LogP contribution is -2.27. The van der Waals surface area contributed by atoms with Gasteiger partial charge in [-0.15, -0.1) is 0 Å². The largest absolute Gasteiger partial charge is 0.383 e. The second-order valence-corrected chi connectivity index (χ2v) is 4.09. The molecule has 1 fully saturated rings. The van der Waals surface area contributed by atoms with Crippen LogP contribution in [0, 0.1) is 0 Å². The van der Waals surface area contributed by atoms with E-state index in [4.69, 9.17) is 15.2 Å². The third-order valence-electron chi connectivity index (χ3n) is 3.05. The molecule has 0 aliphatic carbocycles. The van der Waals surface area contributed by atoms with Crippen LogP contribution in [0.4, 0.5) is 5.82 Å². The van der Waals surface area contributed by atoms with E-state index in [0.717, 1.165) is 6.42 Å². The lowest BCUT2D eigenvalue weighted by molar-refractivity contribution is -0.0301. The van der Waals surface area contributed by atoms with Crippen LogP contribution in [-0.4, -0.2) is 28.9 Å². The molecule has 6 nitrogen and oxygen atoms in total. The van der Waals surface area contributed by atoms with Crippen LogP contribution in [0.15, 0.2) is 17.1 Å². The van der Waals surface area contributed by atoms with Gasteiger partial charge in [-0.1, -0.05) is 6.92 Å². The molecular weight excluding hydrogens is 222 g/mol. The number of methoxy groups -OCH3 is 1. The fourth-order valence-corrected chi connectivity index (χ4v) is 2.13. The molecule has 0 aromatic carbocycles. The standard InChI is InChI=1S/C11H17N3O3/c1-3-7-8(16-2)6-10(17-7)14-5-4-9(12)13-11(14)15/h4-5,7-8,10H,3,6H2,1-2H3,(H2,12,13,15). The SMILES string of the molecule is CCC1OC(n2ccc(N)nc2=O)CC1OC. The van der Waals surface area contributed by atoms with Crippen molar-refractivity contribution >= 4 is 5.82 Å². The highest BCUT2D eigenvalue weighted by Crippen LogP contribution is 2.30. The van der Waals surface area contributed by atoms with Gasteiger partial charge in [-0.05, 0) is 12.5 Å². The van der Waals surface area contributed by atoms with Gasteiger partial charge in [-0.3, -0.25) is 4.57 Å². The zero-order chi connectivity index (χ0) is 12.4. The van der Waals surface area contributed by atoms with Gasteiger partial charge in [0.2, 0.25) is 0 Å². The molecule has 0 bridgehead atoms. The molecular formula is C11H17N3O3. The van der Waals surface area contributed by atoms with Crippen LogP contribution >= 0.6 is 0 Å². The maximum absolute atomic E-state index is 11.7. The Balaban J connectivity index is 2.22. The highest BCUT2D eigenvalue weighted by atomic mass is 16.6. The first-order valence-electron chi connectivity index (χ1n) is 5.68. The Morgan fingerprint density at radius 2 is 2.47 bits per heavy atom. The van der Waals surface area contributed by atoms with E-state index >= 15 is 0 Å². The van der Waals surface area contributed by atoms with Crippen LogP contribution in [0.3, 0.4) is 0 Å². The van der Waals surface area contributed by atoms with Gasteiger partial charge in [0.05, 0.1) is 12.2 Å². The predicted octanol–water partition coefficient (Wildman–Crippen LogP) is 0.538. The minimum Gasteiger partial charge on any atom is -0.383 e. The lowest BCUT2D eigenvalue weighted by atomic mass is 10.1. The van der Waals surface area contributed by atoms with Gasteiger partial charge in [0.1, 0.15) is 12.0 Å². The molecule has 94 valence electrons. The quantitative estimate of drug-likeness (QED) is 0.832. The minimum atomic E-state index is -0.387. The van der Waals surface area contributed by atoms with Gasteiger partial charge in [0.25, 0.3) is 0 Å². The topological polar surface area (TPSA) is 79.4 Å². The summed E-state index contributed by atoms with van der Waals surface area (Å²) < 4.78 is 12.6. The van der Waals surface area contributed by atoms with Crippen LogP contribution in [-0.2, 0) is 9.47 Å². The number of nitrogen functional groups attached to an aromatic ring is 1. The molecule has 0 spiro atoms. The van der Waals surface area contributed by atoms with Crippen LogP contribution in [0.1, 0.15) is 26.0 Å². The van der Waals surface area contributed by atoms with Crippen LogP contribution in [0.5, 0.6) is 0 Å². The molecule has 1 aromatic rings. The Bertz CT molecular complexity index is 434. The van der Waals surface area contributed by atoms with Gasteiger partial charge >= 0.3 is 5.69 Å². The Morgan fingerprint density at radius 3 is 3.00 bits per heavy atom. The summed E-state index contributed by atoms with van der Waals surface area (Å²) in [5.41, 5.74) is 5.06. The summed E-state index contributed by atoms with van der Waals surface area (Å²) in [6, 6.07) is 1.59. The first kappa shape index (κ1) is 12.1. The lowest BCUT2D eigenvalue weighted by Gasteiger charge is -2.15. The molecule has 3 unspecified atom stereocenters. The minimum absolute atomic E-state index is 0.0226. The van der Waals surface area contributed by atoms with Crippen LogP contribution in [0.25, 0.3) is 0 Å². The van der Waals surface area contributed by atoms with Crippen molar-refractivity contribution in [3.05, 3.63) is 22.7 Å². The molecule has 0 saturated carbocycles. The number of hydrogen-bond donors (Lipinski definition) is 1. The van der Waals surface area contributed by atoms with E-state index in [2.05, 4.69) is 4.98 Å². The summed E-state index contributed by atoms with van der Waals surface area (Å²) in [5.74, 6) is 0.222. The van der Waals surface area contributed by atoms with Crippen molar-refractivity contribution < 1.29 is 9.47 Å². The van der Waals surface area contributed by atoms with Gasteiger partial charge in [0.15, 0.2) is 0 Å².